The molecule has 0 saturated carbocycles. The highest BCUT2D eigenvalue weighted by atomic mass is 32.2. The number of hydrogen-bond donors (Lipinski definition) is 2. The van der Waals surface area contributed by atoms with Gasteiger partial charge < -0.3 is 15.8 Å². The van der Waals surface area contributed by atoms with Crippen molar-refractivity contribution in [3.8, 4) is 0 Å². The average Bonchev–Trinajstić information content (AvgIpc) is 3.05. The Bertz CT molecular complexity index is 806. The van der Waals surface area contributed by atoms with E-state index in [1.165, 1.54) is 31.2 Å². The second-order valence-electron chi connectivity index (χ2n) is 6.04. The zero-order chi connectivity index (χ0) is 19.5. The fourth-order valence-corrected chi connectivity index (χ4v) is 3.76. The molecule has 1 aliphatic heterocycles. The van der Waals surface area contributed by atoms with Crippen molar-refractivity contribution in [3.05, 3.63) is 29.8 Å². The Balaban J connectivity index is 1.96. The number of ether oxygens (including phenoxy) is 1. The Morgan fingerprint density at radius 2 is 1.88 bits per heavy atom. The SMILES string of the molecule is C[C@H](OC(=O)[C@H]1CCCN1S(C)(=O)=O)C(=O)Nc1ccc(C(N)=O)cc1. The maximum Gasteiger partial charge on any atom is 0.325 e. The Hall–Kier alpha value is -2.46. The van der Waals surface area contributed by atoms with Crippen LogP contribution in [0.4, 0.5) is 5.69 Å². The van der Waals surface area contributed by atoms with Gasteiger partial charge >= 0.3 is 5.97 Å². The van der Waals surface area contributed by atoms with Gasteiger partial charge in [0.05, 0.1) is 6.26 Å². The van der Waals surface area contributed by atoms with Crippen LogP contribution in [0.1, 0.15) is 30.1 Å². The number of amides is 2. The molecule has 26 heavy (non-hydrogen) atoms. The minimum atomic E-state index is -3.52. The van der Waals surface area contributed by atoms with E-state index in [4.69, 9.17) is 10.5 Å². The molecule has 0 aromatic heterocycles. The summed E-state index contributed by atoms with van der Waals surface area (Å²) < 4.78 is 29.6. The summed E-state index contributed by atoms with van der Waals surface area (Å²) in [6, 6.07) is 4.99. The maximum atomic E-state index is 12.2. The van der Waals surface area contributed by atoms with Crippen molar-refractivity contribution in [2.24, 2.45) is 5.73 Å². The van der Waals surface area contributed by atoms with E-state index in [2.05, 4.69) is 5.32 Å². The van der Waals surface area contributed by atoms with E-state index in [0.717, 1.165) is 10.6 Å². The summed E-state index contributed by atoms with van der Waals surface area (Å²) >= 11 is 0. The van der Waals surface area contributed by atoms with Crippen molar-refractivity contribution < 1.29 is 27.5 Å². The van der Waals surface area contributed by atoms with Crippen LogP contribution in [0.5, 0.6) is 0 Å². The lowest BCUT2D eigenvalue weighted by Gasteiger charge is -2.22. The summed E-state index contributed by atoms with van der Waals surface area (Å²) in [5.74, 6) is -1.91. The molecule has 2 amide bonds. The molecule has 0 bridgehead atoms. The molecule has 0 spiro atoms. The molecular weight excluding hydrogens is 362 g/mol. The van der Waals surface area contributed by atoms with Gasteiger partial charge in [-0.1, -0.05) is 0 Å². The lowest BCUT2D eigenvalue weighted by atomic mass is 10.2. The highest BCUT2D eigenvalue weighted by Crippen LogP contribution is 2.22. The molecule has 10 heteroatoms. The summed E-state index contributed by atoms with van der Waals surface area (Å²) in [6.45, 7) is 1.65. The summed E-state index contributed by atoms with van der Waals surface area (Å²) in [5.41, 5.74) is 5.84. The van der Waals surface area contributed by atoms with Gasteiger partial charge in [-0.05, 0) is 44.0 Å². The van der Waals surface area contributed by atoms with Gasteiger partial charge in [0.15, 0.2) is 6.10 Å². The molecule has 142 valence electrons. The fourth-order valence-electron chi connectivity index (χ4n) is 2.64. The van der Waals surface area contributed by atoms with Gasteiger partial charge in [0.25, 0.3) is 5.91 Å². The van der Waals surface area contributed by atoms with Crippen LogP contribution in [0.25, 0.3) is 0 Å². The number of esters is 1. The maximum absolute atomic E-state index is 12.2. The summed E-state index contributed by atoms with van der Waals surface area (Å²) in [6.07, 6.45) is 0.833. The summed E-state index contributed by atoms with van der Waals surface area (Å²) in [7, 11) is -3.52. The van der Waals surface area contributed by atoms with Crippen LogP contribution >= 0.6 is 0 Å². The zero-order valence-corrected chi connectivity index (χ0v) is 15.3. The van der Waals surface area contributed by atoms with Crippen LogP contribution in [0, 0.1) is 0 Å². The summed E-state index contributed by atoms with van der Waals surface area (Å²) in [5, 5.41) is 2.55. The molecule has 9 nitrogen and oxygen atoms in total. The van der Waals surface area contributed by atoms with E-state index in [1.54, 1.807) is 0 Å². The van der Waals surface area contributed by atoms with Gasteiger partial charge in [-0.2, -0.15) is 4.31 Å². The first-order valence-corrected chi connectivity index (χ1v) is 9.82. The smallest absolute Gasteiger partial charge is 0.325 e. The number of carbonyl (C=O) groups is 3. The van der Waals surface area contributed by atoms with E-state index in [9.17, 15) is 22.8 Å². The third kappa shape index (κ3) is 4.79. The van der Waals surface area contributed by atoms with Crippen molar-refractivity contribution >= 4 is 33.5 Å². The predicted molar refractivity (Wildman–Crippen MR) is 93.7 cm³/mol. The number of hydrogen-bond acceptors (Lipinski definition) is 6. The number of carbonyl (C=O) groups excluding carboxylic acids is 3. The first kappa shape index (κ1) is 19.9. The molecule has 0 aliphatic carbocycles. The zero-order valence-electron chi connectivity index (χ0n) is 14.5. The highest BCUT2D eigenvalue weighted by Gasteiger charge is 2.38. The van der Waals surface area contributed by atoms with Crippen molar-refractivity contribution in [2.45, 2.75) is 31.9 Å². The van der Waals surface area contributed by atoms with Crippen molar-refractivity contribution in [2.75, 3.05) is 18.1 Å². The van der Waals surface area contributed by atoms with Crippen LogP contribution in [0.15, 0.2) is 24.3 Å². The molecular formula is C16H21N3O6S. The number of sulfonamides is 1. The molecule has 3 N–H and O–H groups in total. The first-order valence-electron chi connectivity index (χ1n) is 7.97. The number of primary amides is 1. The van der Waals surface area contributed by atoms with Crippen molar-refractivity contribution in [1.82, 2.24) is 4.31 Å². The van der Waals surface area contributed by atoms with Gasteiger partial charge in [0.1, 0.15) is 6.04 Å². The van der Waals surface area contributed by atoms with Gasteiger partial charge in [0, 0.05) is 17.8 Å². The van der Waals surface area contributed by atoms with Crippen LogP contribution in [-0.4, -0.2) is 55.5 Å². The van der Waals surface area contributed by atoms with Gasteiger partial charge in [-0.25, -0.2) is 8.42 Å². The lowest BCUT2D eigenvalue weighted by Crippen LogP contribution is -2.43. The summed E-state index contributed by atoms with van der Waals surface area (Å²) in [4.78, 5) is 35.4. The molecule has 1 saturated heterocycles. The number of nitrogens with zero attached hydrogens (tertiary/aromatic N) is 1. The number of nitrogens with two attached hydrogens (primary N) is 1. The number of nitrogens with one attached hydrogen (secondary N) is 1. The Morgan fingerprint density at radius 3 is 2.42 bits per heavy atom. The molecule has 1 heterocycles. The third-order valence-electron chi connectivity index (χ3n) is 4.00. The van der Waals surface area contributed by atoms with E-state index in [1.807, 2.05) is 0 Å². The molecule has 1 aromatic rings. The molecule has 1 aliphatic rings. The average molecular weight is 383 g/mol. The largest absolute Gasteiger partial charge is 0.451 e. The van der Waals surface area contributed by atoms with Gasteiger partial charge in [-0.15, -0.1) is 0 Å². The van der Waals surface area contributed by atoms with Crippen LogP contribution < -0.4 is 11.1 Å². The minimum Gasteiger partial charge on any atom is -0.451 e. The number of benzene rings is 1. The van der Waals surface area contributed by atoms with Crippen molar-refractivity contribution in [1.29, 1.82) is 0 Å². The van der Waals surface area contributed by atoms with Crippen LogP contribution in [-0.2, 0) is 24.3 Å². The Kier molecular flexibility index (Phi) is 5.98. The predicted octanol–water partition coefficient (Wildman–Crippen LogP) is 0.0797. The molecule has 0 unspecified atom stereocenters. The van der Waals surface area contributed by atoms with Crippen LogP contribution in [0.2, 0.25) is 0 Å². The topological polar surface area (TPSA) is 136 Å². The number of rotatable bonds is 6. The molecule has 1 aromatic carbocycles. The third-order valence-corrected chi connectivity index (χ3v) is 5.29. The first-order chi connectivity index (χ1) is 12.1. The van der Waals surface area contributed by atoms with Gasteiger partial charge in [0.2, 0.25) is 15.9 Å². The quantitative estimate of drug-likeness (QED) is 0.668. The highest BCUT2D eigenvalue weighted by molar-refractivity contribution is 7.88. The fraction of sp³-hybridized carbons (Fsp3) is 0.438. The second-order valence-corrected chi connectivity index (χ2v) is 7.98. The number of anilines is 1. The second kappa shape index (κ2) is 7.83. The minimum absolute atomic E-state index is 0.255. The molecule has 2 rings (SSSR count). The standard InChI is InChI=1S/C16H21N3O6S/c1-10(15(21)18-12-7-5-11(6-8-12)14(17)20)25-16(22)13-4-3-9-19(13)26(2,23)24/h5-8,10,13H,3-4,9H2,1-2H3,(H2,17,20)(H,18,21)/t10-,13+/m0/s1. The normalized spacial score (nSPS) is 18.9. The van der Waals surface area contributed by atoms with Gasteiger partial charge in [-0.3, -0.25) is 14.4 Å². The van der Waals surface area contributed by atoms with E-state index >= 15 is 0 Å². The Labute approximate surface area is 151 Å². The monoisotopic (exact) mass is 383 g/mol. The molecule has 0 radical (unpaired) electrons. The Morgan fingerprint density at radius 1 is 1.27 bits per heavy atom. The molecule has 1 fully saturated rings. The van der Waals surface area contributed by atoms with E-state index < -0.39 is 40.0 Å². The van der Waals surface area contributed by atoms with Crippen molar-refractivity contribution in [3.63, 3.8) is 0 Å². The van der Waals surface area contributed by atoms with E-state index in [-0.39, 0.29) is 6.54 Å². The van der Waals surface area contributed by atoms with Crippen LogP contribution in [0.3, 0.4) is 0 Å². The molecule has 2 atom stereocenters. The van der Waals surface area contributed by atoms with E-state index in [0.29, 0.717) is 24.1 Å². The lowest BCUT2D eigenvalue weighted by molar-refractivity contribution is -0.156.